The molecule has 6 rings (SSSR count). The Bertz CT molecular complexity index is 1590. The third kappa shape index (κ3) is 8.87. The van der Waals surface area contributed by atoms with Gasteiger partial charge in [0.1, 0.15) is 17.5 Å². The van der Waals surface area contributed by atoms with Crippen molar-refractivity contribution in [2.75, 3.05) is 25.1 Å². The lowest BCUT2D eigenvalue weighted by Crippen LogP contribution is -2.51. The fraction of sp³-hybridized carbons (Fsp3) is 0.837. The molecule has 1 aromatic heterocycles. The number of hydrogen-bond acceptors (Lipinski definition) is 8. The van der Waals surface area contributed by atoms with Crippen LogP contribution >= 0.6 is 0 Å². The second-order valence-electron chi connectivity index (χ2n) is 19.4. The fourth-order valence-corrected chi connectivity index (χ4v) is 11.4. The number of alkyl halides is 2. The van der Waals surface area contributed by atoms with E-state index in [9.17, 15) is 14.7 Å². The van der Waals surface area contributed by atoms with Crippen LogP contribution in [0.5, 0.6) is 0 Å². The van der Waals surface area contributed by atoms with E-state index in [0.29, 0.717) is 16.6 Å². The van der Waals surface area contributed by atoms with Crippen LogP contribution in [-0.2, 0) is 18.9 Å². The summed E-state index contributed by atoms with van der Waals surface area (Å²) in [6.07, 6.45) is 10.9. The summed E-state index contributed by atoms with van der Waals surface area (Å²) in [6.45, 7) is 17.6. The Labute approximate surface area is 326 Å². The molecule has 2 N–H and O–H groups in total. The lowest BCUT2D eigenvalue weighted by atomic mass is 9.47. The maximum atomic E-state index is 15.2. The Kier molecular flexibility index (Phi) is 12.6. The maximum Gasteiger partial charge on any atom is 0.413 e. The molecule has 2 heterocycles. The van der Waals surface area contributed by atoms with E-state index in [-0.39, 0.29) is 30.6 Å². The number of nitrogens with one attached hydrogen (secondary N) is 1. The topological polar surface area (TPSA) is 121 Å². The van der Waals surface area contributed by atoms with Crippen molar-refractivity contribution in [1.29, 1.82) is 0 Å². The summed E-state index contributed by atoms with van der Waals surface area (Å²) >= 11 is 0. The van der Waals surface area contributed by atoms with Crippen molar-refractivity contribution in [3.63, 3.8) is 0 Å². The number of amides is 1. The van der Waals surface area contributed by atoms with Crippen molar-refractivity contribution in [2.45, 2.75) is 162 Å². The molecule has 0 bridgehead atoms. The van der Waals surface area contributed by atoms with E-state index >= 15 is 8.78 Å². The smallest absolute Gasteiger partial charge is 0.413 e. The van der Waals surface area contributed by atoms with Crippen LogP contribution in [0.4, 0.5) is 19.4 Å². The predicted molar refractivity (Wildman–Crippen MR) is 207 cm³/mol. The van der Waals surface area contributed by atoms with Crippen molar-refractivity contribution >= 4 is 11.9 Å². The van der Waals surface area contributed by atoms with Gasteiger partial charge < -0.3 is 24.1 Å². The largest absolute Gasteiger partial charge is 0.444 e. The predicted octanol–water partition coefficient (Wildman–Crippen LogP) is 8.93. The molecule has 0 radical (unpaired) electrons. The molecule has 3 saturated carbocycles. The second kappa shape index (κ2) is 16.5. The van der Waals surface area contributed by atoms with Gasteiger partial charge in [0.25, 0.3) is 0 Å². The number of carbonyl (C=O) groups excluding carboxylic acids is 1. The van der Waals surface area contributed by atoms with Gasteiger partial charge in [0.05, 0.1) is 25.9 Å². The Balaban J connectivity index is 0.963. The van der Waals surface area contributed by atoms with E-state index in [1.807, 2.05) is 0 Å². The monoisotopic (exact) mass is 775 g/mol. The summed E-state index contributed by atoms with van der Waals surface area (Å²) in [5.41, 5.74) is 0.390. The summed E-state index contributed by atoms with van der Waals surface area (Å²) < 4.78 is 53.5. The summed E-state index contributed by atoms with van der Waals surface area (Å²) in [5, 5.41) is 12.8. The van der Waals surface area contributed by atoms with Gasteiger partial charge in [0.2, 0.25) is 6.23 Å². The summed E-state index contributed by atoms with van der Waals surface area (Å²) in [4.78, 5) is 28.4. The van der Waals surface area contributed by atoms with Crippen LogP contribution < -0.4 is 11.0 Å². The van der Waals surface area contributed by atoms with E-state index in [1.54, 1.807) is 26.3 Å². The van der Waals surface area contributed by atoms with Gasteiger partial charge in [-0.25, -0.2) is 9.59 Å². The van der Waals surface area contributed by atoms with E-state index in [4.69, 9.17) is 18.9 Å². The molecule has 11 atom stereocenters. The highest BCUT2D eigenvalue weighted by atomic mass is 19.3. The molecule has 4 fully saturated rings. The molecule has 4 aliphatic carbocycles. The first-order chi connectivity index (χ1) is 25.8. The number of fused-ring (bicyclic) bond motifs is 5. The van der Waals surface area contributed by atoms with Gasteiger partial charge >= 0.3 is 17.7 Å². The number of aliphatic hydroxyl groups excluding tert-OH is 1. The van der Waals surface area contributed by atoms with Crippen molar-refractivity contribution in [3.05, 3.63) is 34.4 Å². The normalized spacial score (nSPS) is 36.1. The molecule has 10 nitrogen and oxygen atoms in total. The van der Waals surface area contributed by atoms with Crippen LogP contribution in [0, 0.1) is 46.3 Å². The third-order valence-electron chi connectivity index (χ3n) is 14.2. The minimum absolute atomic E-state index is 0.0880. The van der Waals surface area contributed by atoms with Gasteiger partial charge in [0.15, 0.2) is 6.10 Å². The van der Waals surface area contributed by atoms with Crippen molar-refractivity contribution in [1.82, 2.24) is 9.55 Å². The first kappa shape index (κ1) is 42.2. The molecule has 11 unspecified atom stereocenters. The molecule has 0 aromatic carbocycles. The van der Waals surface area contributed by atoms with Crippen molar-refractivity contribution in [2.24, 2.45) is 46.3 Å². The standard InChI is InChI=1S/C43H67F2N3O7/c1-26(2)10-9-11-27(3)31-14-15-32-30-13-12-28-24-29(16-19-41(28,7)33(30)17-20-42(31,32)8)53-23-22-52-25-34-36(49)43(44,45)37(54-34)48-21-18-35(46-38(48)50)47-39(51)55-40(4,5)6/h12,18,21,26-27,29-34,36-37,49H,9-11,13-17,19-20,22-25H2,1-8H3,(H,46,47,50,51). The first-order valence-electron chi connectivity index (χ1n) is 21.0. The van der Waals surface area contributed by atoms with Gasteiger partial charge in [-0.1, -0.05) is 65.5 Å². The van der Waals surface area contributed by atoms with Gasteiger partial charge in [0, 0.05) is 6.20 Å². The van der Waals surface area contributed by atoms with E-state index in [2.05, 4.69) is 51.0 Å². The molecule has 55 heavy (non-hydrogen) atoms. The van der Waals surface area contributed by atoms with Crippen molar-refractivity contribution in [3.8, 4) is 0 Å². The van der Waals surface area contributed by atoms with Crippen LogP contribution in [0.1, 0.15) is 132 Å². The molecule has 310 valence electrons. The van der Waals surface area contributed by atoms with Crippen LogP contribution in [-0.4, -0.2) is 70.4 Å². The quantitative estimate of drug-likeness (QED) is 0.151. The minimum atomic E-state index is -3.79. The number of carbonyl (C=O) groups is 1. The Hall–Kier alpha value is -2.41. The fourth-order valence-electron chi connectivity index (χ4n) is 11.4. The number of halogens is 2. The van der Waals surface area contributed by atoms with Gasteiger partial charge in [-0.15, -0.1) is 0 Å². The first-order valence-corrected chi connectivity index (χ1v) is 21.0. The highest BCUT2D eigenvalue weighted by Gasteiger charge is 2.61. The van der Waals surface area contributed by atoms with Gasteiger partial charge in [-0.3, -0.25) is 9.88 Å². The molecule has 1 aromatic rings. The maximum absolute atomic E-state index is 15.2. The van der Waals surface area contributed by atoms with Crippen LogP contribution in [0.25, 0.3) is 0 Å². The lowest BCUT2D eigenvalue weighted by molar-refractivity contribution is -0.141. The second-order valence-corrected chi connectivity index (χ2v) is 19.4. The van der Waals surface area contributed by atoms with E-state index in [0.717, 1.165) is 61.0 Å². The average molecular weight is 776 g/mol. The molecule has 0 spiro atoms. The number of anilines is 1. The number of rotatable bonds is 13. The van der Waals surface area contributed by atoms with Crippen molar-refractivity contribution < 1.29 is 37.6 Å². The zero-order valence-corrected chi connectivity index (χ0v) is 34.5. The Morgan fingerprint density at radius 2 is 1.85 bits per heavy atom. The van der Waals surface area contributed by atoms with Gasteiger partial charge in [-0.05, 0) is 125 Å². The molecule has 1 saturated heterocycles. The van der Waals surface area contributed by atoms with Crippen LogP contribution in [0.15, 0.2) is 28.7 Å². The van der Waals surface area contributed by atoms with Gasteiger partial charge in [-0.2, -0.15) is 13.8 Å². The summed E-state index contributed by atoms with van der Waals surface area (Å²) in [6, 6.07) is 1.18. The number of nitrogens with zero attached hydrogens (tertiary/aromatic N) is 2. The zero-order valence-electron chi connectivity index (χ0n) is 34.5. The number of aliphatic hydroxyl groups is 1. The van der Waals surface area contributed by atoms with Crippen LogP contribution in [0.3, 0.4) is 0 Å². The van der Waals surface area contributed by atoms with E-state index < -0.39 is 41.7 Å². The molecular formula is C43H67F2N3O7. The zero-order chi connectivity index (χ0) is 39.9. The third-order valence-corrected chi connectivity index (χ3v) is 14.2. The molecule has 1 amide bonds. The number of hydrogen-bond donors (Lipinski definition) is 2. The number of aromatic nitrogens is 2. The van der Waals surface area contributed by atoms with E-state index in [1.165, 1.54) is 57.4 Å². The summed E-state index contributed by atoms with van der Waals surface area (Å²) in [7, 11) is 0. The molecular weight excluding hydrogens is 708 g/mol. The molecule has 5 aliphatic rings. The highest BCUT2D eigenvalue weighted by Crippen LogP contribution is 2.67. The molecule has 1 aliphatic heterocycles. The number of ether oxygens (including phenoxy) is 4. The highest BCUT2D eigenvalue weighted by molar-refractivity contribution is 5.83. The van der Waals surface area contributed by atoms with Crippen LogP contribution in [0.2, 0.25) is 0 Å². The molecule has 12 heteroatoms. The lowest BCUT2D eigenvalue weighted by Gasteiger charge is -2.58. The SMILES string of the molecule is CC(C)CCCC(C)C1CCC2C3CC=C4CC(OCCOCC5OC(n6ccc(NC(=O)OC(C)(C)C)nc6=O)C(F)(F)C5O)CCC4(C)C3CCC12C. The number of allylic oxidation sites excluding steroid dienone is 1. The Morgan fingerprint density at radius 1 is 1.09 bits per heavy atom. The average Bonchev–Trinajstić information content (AvgIpc) is 3.56. The summed E-state index contributed by atoms with van der Waals surface area (Å²) in [5.74, 6) is 0.839. The Morgan fingerprint density at radius 3 is 2.56 bits per heavy atom. The minimum Gasteiger partial charge on any atom is -0.444 e.